The number of hydrogen-bond acceptors (Lipinski definition) is 3. The molecule has 6 heteroatoms. The third-order valence-corrected chi connectivity index (χ3v) is 4.01. The van der Waals surface area contributed by atoms with E-state index in [-0.39, 0.29) is 12.1 Å². The van der Waals surface area contributed by atoms with E-state index in [2.05, 4.69) is 46.5 Å². The molecule has 1 aliphatic heterocycles. The highest BCUT2D eigenvalue weighted by molar-refractivity contribution is 9.10. The van der Waals surface area contributed by atoms with E-state index in [0.29, 0.717) is 13.2 Å². The second-order valence-corrected chi connectivity index (χ2v) is 5.94. The molecule has 0 aliphatic carbocycles. The minimum atomic E-state index is -0.00403. The summed E-state index contributed by atoms with van der Waals surface area (Å²) in [5.41, 5.74) is 1.12. The van der Waals surface area contributed by atoms with E-state index in [1.165, 1.54) is 0 Å². The van der Waals surface area contributed by atoms with Crippen molar-refractivity contribution >= 4 is 22.0 Å². The molecule has 21 heavy (non-hydrogen) atoms. The van der Waals surface area contributed by atoms with Crippen LogP contribution < -0.4 is 15.4 Å². The van der Waals surface area contributed by atoms with Gasteiger partial charge in [-0.25, -0.2) is 4.79 Å². The van der Waals surface area contributed by atoms with Crippen LogP contribution in [-0.4, -0.2) is 43.7 Å². The quantitative estimate of drug-likeness (QED) is 0.790. The van der Waals surface area contributed by atoms with Gasteiger partial charge >= 0.3 is 6.03 Å². The molecule has 2 amide bonds. The second-order valence-electron chi connectivity index (χ2n) is 5.03. The van der Waals surface area contributed by atoms with E-state index in [1.54, 1.807) is 4.90 Å². The summed E-state index contributed by atoms with van der Waals surface area (Å²) in [5, 5.41) is 6.18. The van der Waals surface area contributed by atoms with E-state index in [1.807, 2.05) is 12.1 Å². The number of ether oxygens (including phenoxy) is 1. The van der Waals surface area contributed by atoms with Crippen LogP contribution in [0.5, 0.6) is 5.75 Å². The largest absolute Gasteiger partial charge is 0.491 e. The topological polar surface area (TPSA) is 53.6 Å². The van der Waals surface area contributed by atoms with Gasteiger partial charge in [-0.1, -0.05) is 22.9 Å². The summed E-state index contributed by atoms with van der Waals surface area (Å²) in [6, 6.07) is 6.23. The zero-order chi connectivity index (χ0) is 15.2. The number of nitrogens with one attached hydrogen (secondary N) is 2. The molecule has 1 aromatic carbocycles. The van der Waals surface area contributed by atoms with Crippen LogP contribution in [0.3, 0.4) is 0 Å². The van der Waals surface area contributed by atoms with Crippen molar-refractivity contribution < 1.29 is 9.53 Å². The first-order valence-electron chi connectivity index (χ1n) is 7.30. The maximum Gasteiger partial charge on any atom is 0.317 e. The number of amides is 2. The fraction of sp³-hybridized carbons (Fsp3) is 0.533. The van der Waals surface area contributed by atoms with Crippen molar-refractivity contribution in [3.8, 4) is 5.75 Å². The summed E-state index contributed by atoms with van der Waals surface area (Å²) in [6.45, 7) is 7.69. The Bertz CT molecular complexity index is 496. The average Bonchev–Trinajstić information content (AvgIpc) is 2.86. The molecule has 1 saturated heterocycles. The number of hydrogen-bond donors (Lipinski definition) is 2. The van der Waals surface area contributed by atoms with Gasteiger partial charge in [0.1, 0.15) is 12.4 Å². The van der Waals surface area contributed by atoms with E-state index in [4.69, 9.17) is 4.74 Å². The molecule has 2 rings (SSSR count). The van der Waals surface area contributed by atoms with Gasteiger partial charge in [0.15, 0.2) is 0 Å². The van der Waals surface area contributed by atoms with Crippen LogP contribution in [0.25, 0.3) is 0 Å². The van der Waals surface area contributed by atoms with Gasteiger partial charge < -0.3 is 20.3 Å². The molecule has 1 heterocycles. The van der Waals surface area contributed by atoms with Crippen molar-refractivity contribution in [2.45, 2.75) is 19.9 Å². The SMILES string of the molecule is CCNC(C)c1cc(Br)ccc1OCCN1CCNC1=O. The summed E-state index contributed by atoms with van der Waals surface area (Å²) in [7, 11) is 0. The van der Waals surface area contributed by atoms with Gasteiger partial charge in [0, 0.05) is 29.2 Å². The van der Waals surface area contributed by atoms with Crippen LogP contribution in [0.15, 0.2) is 22.7 Å². The van der Waals surface area contributed by atoms with Crippen LogP contribution >= 0.6 is 15.9 Å². The molecule has 5 nitrogen and oxygen atoms in total. The predicted octanol–water partition coefficient (Wildman–Crippen LogP) is 2.52. The molecule has 1 aromatic rings. The lowest BCUT2D eigenvalue weighted by Crippen LogP contribution is -2.32. The Morgan fingerprint density at radius 1 is 1.52 bits per heavy atom. The van der Waals surface area contributed by atoms with E-state index >= 15 is 0 Å². The average molecular weight is 356 g/mol. The third kappa shape index (κ3) is 4.35. The van der Waals surface area contributed by atoms with Crippen molar-refractivity contribution in [3.05, 3.63) is 28.2 Å². The first-order chi connectivity index (χ1) is 10.1. The lowest BCUT2D eigenvalue weighted by atomic mass is 10.1. The Morgan fingerprint density at radius 2 is 2.33 bits per heavy atom. The highest BCUT2D eigenvalue weighted by Gasteiger charge is 2.19. The first-order valence-corrected chi connectivity index (χ1v) is 8.09. The van der Waals surface area contributed by atoms with Crippen molar-refractivity contribution in [2.75, 3.05) is 32.8 Å². The minimum Gasteiger partial charge on any atom is -0.491 e. The van der Waals surface area contributed by atoms with Gasteiger partial charge in [-0.05, 0) is 31.7 Å². The van der Waals surface area contributed by atoms with E-state index < -0.39 is 0 Å². The van der Waals surface area contributed by atoms with Crippen LogP contribution in [0.4, 0.5) is 4.79 Å². The minimum absolute atomic E-state index is 0.00403. The summed E-state index contributed by atoms with van der Waals surface area (Å²) in [5.74, 6) is 0.867. The molecule has 0 spiro atoms. The number of nitrogens with zero attached hydrogens (tertiary/aromatic N) is 1. The fourth-order valence-corrected chi connectivity index (χ4v) is 2.77. The smallest absolute Gasteiger partial charge is 0.317 e. The molecule has 1 unspecified atom stereocenters. The molecule has 1 atom stereocenters. The van der Waals surface area contributed by atoms with Crippen molar-refractivity contribution in [3.63, 3.8) is 0 Å². The summed E-state index contributed by atoms with van der Waals surface area (Å²) < 4.78 is 6.92. The Kier molecular flexibility index (Phi) is 5.87. The Morgan fingerprint density at radius 3 is 3.00 bits per heavy atom. The molecule has 1 fully saturated rings. The Labute approximate surface area is 134 Å². The van der Waals surface area contributed by atoms with Crippen LogP contribution in [0.1, 0.15) is 25.5 Å². The summed E-state index contributed by atoms with van der Waals surface area (Å²) in [6.07, 6.45) is 0. The number of carbonyl (C=O) groups is 1. The number of rotatable bonds is 7. The highest BCUT2D eigenvalue weighted by atomic mass is 79.9. The fourth-order valence-electron chi connectivity index (χ4n) is 2.40. The zero-order valence-electron chi connectivity index (χ0n) is 12.5. The lowest BCUT2D eigenvalue weighted by molar-refractivity contribution is 0.202. The van der Waals surface area contributed by atoms with Gasteiger partial charge in [0.05, 0.1) is 6.54 Å². The molecule has 116 valence electrons. The molecule has 0 saturated carbocycles. The molecule has 0 radical (unpaired) electrons. The Balaban J connectivity index is 1.96. The predicted molar refractivity (Wildman–Crippen MR) is 86.7 cm³/mol. The maximum absolute atomic E-state index is 11.5. The Hall–Kier alpha value is -1.27. The van der Waals surface area contributed by atoms with E-state index in [9.17, 15) is 4.79 Å². The van der Waals surface area contributed by atoms with Gasteiger partial charge in [-0.15, -0.1) is 0 Å². The molecule has 0 bridgehead atoms. The van der Waals surface area contributed by atoms with Crippen molar-refractivity contribution in [2.24, 2.45) is 0 Å². The normalized spacial score (nSPS) is 16.0. The lowest BCUT2D eigenvalue weighted by Gasteiger charge is -2.19. The third-order valence-electron chi connectivity index (χ3n) is 3.51. The molecule has 2 N–H and O–H groups in total. The highest BCUT2D eigenvalue weighted by Crippen LogP contribution is 2.28. The monoisotopic (exact) mass is 355 g/mol. The molecular formula is C15H22BrN3O2. The number of urea groups is 1. The van der Waals surface area contributed by atoms with Crippen LogP contribution in [0, 0.1) is 0 Å². The van der Waals surface area contributed by atoms with Gasteiger partial charge in [0.25, 0.3) is 0 Å². The first kappa shape index (κ1) is 16.1. The van der Waals surface area contributed by atoms with Crippen LogP contribution in [-0.2, 0) is 0 Å². The zero-order valence-corrected chi connectivity index (χ0v) is 14.1. The second kappa shape index (κ2) is 7.66. The summed E-state index contributed by atoms with van der Waals surface area (Å²) >= 11 is 3.50. The molecule has 1 aliphatic rings. The van der Waals surface area contributed by atoms with Gasteiger partial charge in [-0.3, -0.25) is 0 Å². The van der Waals surface area contributed by atoms with Gasteiger partial charge in [-0.2, -0.15) is 0 Å². The standard InChI is InChI=1S/C15H22BrN3O2/c1-3-17-11(2)13-10-12(16)4-5-14(13)21-9-8-19-7-6-18-15(19)20/h4-5,10-11,17H,3,6-9H2,1-2H3,(H,18,20). The maximum atomic E-state index is 11.5. The van der Waals surface area contributed by atoms with Crippen molar-refractivity contribution in [1.82, 2.24) is 15.5 Å². The van der Waals surface area contributed by atoms with Crippen LogP contribution in [0.2, 0.25) is 0 Å². The molecular weight excluding hydrogens is 334 g/mol. The summed E-state index contributed by atoms with van der Waals surface area (Å²) in [4.78, 5) is 13.2. The number of halogens is 1. The van der Waals surface area contributed by atoms with Crippen molar-refractivity contribution in [1.29, 1.82) is 0 Å². The van der Waals surface area contributed by atoms with E-state index in [0.717, 1.165) is 35.4 Å². The van der Waals surface area contributed by atoms with Gasteiger partial charge in [0.2, 0.25) is 0 Å². The molecule has 0 aromatic heterocycles. The number of carbonyl (C=O) groups excluding carboxylic acids is 1. The number of benzene rings is 1.